The molecule has 0 bridgehead atoms. The lowest BCUT2D eigenvalue weighted by atomic mass is 9.91. The van der Waals surface area contributed by atoms with Crippen LogP contribution in [0.25, 0.3) is 0 Å². The first-order valence-electron chi connectivity index (χ1n) is 10.1. The molecule has 28 heavy (non-hydrogen) atoms. The molecular formula is C23H39ClN2O2. The normalized spacial score (nSPS) is 22.9. The van der Waals surface area contributed by atoms with Crippen LogP contribution in [0.1, 0.15) is 89.4 Å². The highest BCUT2D eigenvalue weighted by atomic mass is 35.5. The van der Waals surface area contributed by atoms with Gasteiger partial charge in [0, 0.05) is 12.6 Å². The quantitative estimate of drug-likeness (QED) is 0.629. The van der Waals surface area contributed by atoms with Crippen molar-refractivity contribution in [1.82, 2.24) is 5.32 Å². The molecular weight excluding hydrogens is 372 g/mol. The number of amides is 1. The Bertz CT molecular complexity index is 600. The molecule has 5 heteroatoms. The first kappa shape index (κ1) is 24.8. The van der Waals surface area contributed by atoms with Gasteiger partial charge in [0.2, 0.25) is 0 Å². The van der Waals surface area contributed by atoms with Crippen molar-refractivity contribution in [3.05, 3.63) is 28.8 Å². The molecule has 0 radical (unpaired) electrons. The molecule has 0 aromatic heterocycles. The fourth-order valence-corrected chi connectivity index (χ4v) is 4.36. The Morgan fingerprint density at radius 1 is 1.07 bits per heavy atom. The van der Waals surface area contributed by atoms with Crippen LogP contribution in [-0.4, -0.2) is 24.6 Å². The van der Waals surface area contributed by atoms with Crippen LogP contribution in [0.15, 0.2) is 18.2 Å². The van der Waals surface area contributed by atoms with Crippen molar-refractivity contribution in [1.29, 1.82) is 0 Å². The Kier molecular flexibility index (Phi) is 10.9. The van der Waals surface area contributed by atoms with E-state index >= 15 is 0 Å². The third kappa shape index (κ3) is 7.29. The van der Waals surface area contributed by atoms with Crippen LogP contribution < -0.4 is 15.8 Å². The van der Waals surface area contributed by atoms with Gasteiger partial charge in [-0.3, -0.25) is 4.79 Å². The second-order valence-electron chi connectivity index (χ2n) is 7.88. The van der Waals surface area contributed by atoms with Crippen molar-refractivity contribution < 1.29 is 9.53 Å². The number of carbonyl (C=O) groups excluding carboxylic acids is 1. The molecule has 2 unspecified atom stereocenters. The zero-order chi connectivity index (χ0) is 18.4. The number of benzene rings is 1. The smallest absolute Gasteiger partial charge is 0.252 e. The number of ether oxygens (including phenoxy) is 1. The summed E-state index contributed by atoms with van der Waals surface area (Å²) in [6, 6.07) is 5.57. The lowest BCUT2D eigenvalue weighted by Gasteiger charge is -2.20. The molecule has 0 aliphatic heterocycles. The van der Waals surface area contributed by atoms with Gasteiger partial charge < -0.3 is 15.8 Å². The second-order valence-corrected chi connectivity index (χ2v) is 8.28. The molecule has 2 saturated carbocycles. The van der Waals surface area contributed by atoms with Crippen LogP contribution in [0.5, 0.6) is 5.75 Å². The van der Waals surface area contributed by atoms with E-state index in [0.29, 0.717) is 22.3 Å². The first-order valence-corrected chi connectivity index (χ1v) is 10.5. The molecule has 1 aromatic rings. The maximum absolute atomic E-state index is 12.5. The van der Waals surface area contributed by atoms with E-state index in [-0.39, 0.29) is 32.9 Å². The van der Waals surface area contributed by atoms with E-state index in [9.17, 15) is 4.79 Å². The number of nitrogens with two attached hydrogens (primary N) is 1. The summed E-state index contributed by atoms with van der Waals surface area (Å²) in [5, 5.41) is 3.52. The van der Waals surface area contributed by atoms with E-state index < -0.39 is 0 Å². The van der Waals surface area contributed by atoms with Gasteiger partial charge in [-0.15, -0.1) is 0 Å². The van der Waals surface area contributed by atoms with Gasteiger partial charge in [-0.05, 0) is 56.2 Å². The molecule has 2 fully saturated rings. The SMILES string of the molecule is C.C.NC1CCC(Oc2ccc(C(=O)NCC3CCCCCCC3)c(Cl)c2)C1. The zero-order valence-corrected chi connectivity index (χ0v) is 16.3. The third-order valence-electron chi connectivity index (χ3n) is 5.69. The Labute approximate surface area is 176 Å². The number of nitrogens with one attached hydrogen (secondary N) is 1. The summed E-state index contributed by atoms with van der Waals surface area (Å²) in [7, 11) is 0. The van der Waals surface area contributed by atoms with Crippen molar-refractivity contribution in [2.45, 2.75) is 91.2 Å². The Balaban J connectivity index is 0.00000196. The van der Waals surface area contributed by atoms with Gasteiger partial charge in [0.25, 0.3) is 5.91 Å². The van der Waals surface area contributed by atoms with Gasteiger partial charge >= 0.3 is 0 Å². The molecule has 3 N–H and O–H groups in total. The highest BCUT2D eigenvalue weighted by Gasteiger charge is 2.23. The molecule has 1 amide bonds. The Hall–Kier alpha value is -1.26. The monoisotopic (exact) mass is 410 g/mol. The van der Waals surface area contributed by atoms with Crippen molar-refractivity contribution >= 4 is 17.5 Å². The molecule has 2 aliphatic rings. The van der Waals surface area contributed by atoms with Crippen molar-refractivity contribution in [3.63, 3.8) is 0 Å². The van der Waals surface area contributed by atoms with Crippen LogP contribution in [0, 0.1) is 5.92 Å². The number of hydrogen-bond acceptors (Lipinski definition) is 3. The summed E-state index contributed by atoms with van der Waals surface area (Å²) in [5.74, 6) is 1.21. The van der Waals surface area contributed by atoms with Gasteiger partial charge in [0.05, 0.1) is 10.6 Å². The van der Waals surface area contributed by atoms with Crippen molar-refractivity contribution in [2.75, 3.05) is 6.54 Å². The highest BCUT2D eigenvalue weighted by molar-refractivity contribution is 6.34. The van der Waals surface area contributed by atoms with E-state index in [0.717, 1.165) is 25.8 Å². The van der Waals surface area contributed by atoms with Gasteiger partial charge in [-0.2, -0.15) is 0 Å². The minimum Gasteiger partial charge on any atom is -0.490 e. The van der Waals surface area contributed by atoms with Crippen LogP contribution in [0.2, 0.25) is 5.02 Å². The van der Waals surface area contributed by atoms with Crippen molar-refractivity contribution in [3.8, 4) is 5.75 Å². The van der Waals surface area contributed by atoms with Crippen LogP contribution in [0.3, 0.4) is 0 Å². The highest BCUT2D eigenvalue weighted by Crippen LogP contribution is 2.28. The van der Waals surface area contributed by atoms with Crippen LogP contribution in [0.4, 0.5) is 0 Å². The zero-order valence-electron chi connectivity index (χ0n) is 15.5. The Morgan fingerprint density at radius 3 is 2.36 bits per heavy atom. The summed E-state index contributed by atoms with van der Waals surface area (Å²) >= 11 is 6.34. The van der Waals surface area contributed by atoms with Crippen LogP contribution >= 0.6 is 11.6 Å². The van der Waals surface area contributed by atoms with Crippen LogP contribution in [-0.2, 0) is 0 Å². The lowest BCUT2D eigenvalue weighted by Crippen LogP contribution is -2.30. The first-order chi connectivity index (χ1) is 12.6. The number of rotatable bonds is 5. The van der Waals surface area contributed by atoms with Gasteiger partial charge in [0.15, 0.2) is 0 Å². The fraction of sp³-hybridized carbons (Fsp3) is 0.696. The molecule has 3 rings (SSSR count). The predicted molar refractivity (Wildman–Crippen MR) is 119 cm³/mol. The van der Waals surface area contributed by atoms with E-state index in [1.54, 1.807) is 12.1 Å². The minimum absolute atomic E-state index is 0. The molecule has 160 valence electrons. The summed E-state index contributed by atoms with van der Waals surface area (Å²) in [6.45, 7) is 0.743. The number of carbonyl (C=O) groups is 1. The molecule has 2 atom stereocenters. The molecule has 0 saturated heterocycles. The molecule has 2 aliphatic carbocycles. The summed E-state index contributed by atoms with van der Waals surface area (Å²) < 4.78 is 5.95. The lowest BCUT2D eigenvalue weighted by molar-refractivity contribution is 0.0944. The van der Waals surface area contributed by atoms with Gasteiger partial charge in [-0.25, -0.2) is 0 Å². The number of halogens is 1. The summed E-state index contributed by atoms with van der Waals surface area (Å²) in [4.78, 5) is 12.5. The fourth-order valence-electron chi connectivity index (χ4n) is 4.10. The average Bonchev–Trinajstić information content (AvgIpc) is 2.98. The topological polar surface area (TPSA) is 64.3 Å². The maximum Gasteiger partial charge on any atom is 0.252 e. The van der Waals surface area contributed by atoms with Crippen molar-refractivity contribution in [2.24, 2.45) is 11.7 Å². The van der Waals surface area contributed by atoms with E-state index in [1.807, 2.05) is 6.07 Å². The van der Waals surface area contributed by atoms with Gasteiger partial charge in [-0.1, -0.05) is 58.6 Å². The summed E-state index contributed by atoms with van der Waals surface area (Å²) in [6.07, 6.45) is 12.0. The largest absolute Gasteiger partial charge is 0.490 e. The predicted octanol–water partition coefficient (Wildman–Crippen LogP) is 5.96. The summed E-state index contributed by atoms with van der Waals surface area (Å²) in [5.41, 5.74) is 6.45. The number of hydrogen-bond donors (Lipinski definition) is 2. The van der Waals surface area contributed by atoms with E-state index in [2.05, 4.69) is 5.32 Å². The molecule has 1 aromatic carbocycles. The van der Waals surface area contributed by atoms with E-state index in [1.165, 1.54) is 44.9 Å². The van der Waals surface area contributed by atoms with E-state index in [4.69, 9.17) is 22.1 Å². The average molecular weight is 411 g/mol. The van der Waals surface area contributed by atoms with Gasteiger partial charge in [0.1, 0.15) is 11.9 Å². The second kappa shape index (κ2) is 12.3. The molecule has 0 heterocycles. The minimum atomic E-state index is -0.0912. The molecule has 0 spiro atoms. The maximum atomic E-state index is 12.5. The Morgan fingerprint density at radius 2 is 1.75 bits per heavy atom. The standard InChI is InChI=1S/C21H31ClN2O2.2CH4/c22-20-13-18(26-17-9-8-16(23)12-17)10-11-19(20)21(25)24-14-15-6-4-2-1-3-5-7-15;;/h10-11,13,15-17H,1-9,12,14,23H2,(H,24,25);2*1H4. The molecule has 4 nitrogen and oxygen atoms in total. The third-order valence-corrected chi connectivity index (χ3v) is 6.00.